The van der Waals surface area contributed by atoms with Gasteiger partial charge in [0.15, 0.2) is 0 Å². The molecule has 0 saturated carbocycles. The van der Waals surface area contributed by atoms with E-state index < -0.39 is 5.41 Å². The van der Waals surface area contributed by atoms with Crippen LogP contribution in [0.25, 0.3) is 72.0 Å². The summed E-state index contributed by atoms with van der Waals surface area (Å²) >= 11 is 0. The van der Waals surface area contributed by atoms with Crippen LogP contribution in [0.3, 0.4) is 0 Å². The minimum atomic E-state index is -0.436. The van der Waals surface area contributed by atoms with Gasteiger partial charge in [0.05, 0.1) is 22.1 Å². The molecule has 0 atom stereocenters. The van der Waals surface area contributed by atoms with Gasteiger partial charge in [0, 0.05) is 33.4 Å². The number of fused-ring (bicyclic) bond motifs is 13. The minimum absolute atomic E-state index is 0.436. The third-order valence-corrected chi connectivity index (χ3v) is 13.6. The van der Waals surface area contributed by atoms with Gasteiger partial charge in [-0.05, 0) is 116 Å². The zero-order valence-electron chi connectivity index (χ0n) is 34.5. The molecule has 1 aromatic heterocycles. The second kappa shape index (κ2) is 13.9. The molecule has 63 heavy (non-hydrogen) atoms. The van der Waals surface area contributed by atoms with Crippen molar-refractivity contribution >= 4 is 38.9 Å². The van der Waals surface area contributed by atoms with E-state index in [2.05, 4.69) is 252 Å². The monoisotopic (exact) mass is 800 g/mol. The standard InChI is InChI=1S/C61H40N2/c1-2-16-43(17-3-1)47-18-7-13-27-58(47)62(44-34-30-41(31-35-44)42-32-36-45(37-33-42)63-59-28-14-8-22-52(59)53-23-9-15-29-60(53)63)46-38-39-51-50-21-6-12-26-56(50)61(57(51)40-46)54-24-10-4-19-48(54)49-20-5-11-25-55(49)61/h1-40H. The van der Waals surface area contributed by atoms with Gasteiger partial charge in [-0.1, -0.05) is 188 Å². The quantitative estimate of drug-likeness (QED) is 0.163. The van der Waals surface area contributed by atoms with E-state index in [4.69, 9.17) is 0 Å². The number of rotatable bonds is 6. The van der Waals surface area contributed by atoms with Crippen molar-refractivity contribution in [2.24, 2.45) is 0 Å². The summed E-state index contributed by atoms with van der Waals surface area (Å²) in [6.45, 7) is 0. The molecule has 0 saturated heterocycles. The summed E-state index contributed by atoms with van der Waals surface area (Å²) in [6, 6.07) is 89.4. The molecule has 294 valence electrons. The number of hydrogen-bond acceptors (Lipinski definition) is 1. The number of para-hydroxylation sites is 3. The fourth-order valence-corrected chi connectivity index (χ4v) is 11.0. The third-order valence-electron chi connectivity index (χ3n) is 13.6. The van der Waals surface area contributed by atoms with Gasteiger partial charge in [-0.15, -0.1) is 0 Å². The van der Waals surface area contributed by atoms with Crippen LogP contribution in [0, 0.1) is 0 Å². The van der Waals surface area contributed by atoms with Crippen LogP contribution < -0.4 is 4.90 Å². The van der Waals surface area contributed by atoms with Crippen molar-refractivity contribution in [2.45, 2.75) is 5.41 Å². The van der Waals surface area contributed by atoms with Crippen molar-refractivity contribution in [1.29, 1.82) is 0 Å². The molecule has 0 N–H and O–H groups in total. The Bertz CT molecular complexity index is 3440. The number of benzene rings is 10. The maximum atomic E-state index is 2.48. The van der Waals surface area contributed by atoms with Gasteiger partial charge in [0.1, 0.15) is 0 Å². The molecule has 0 aliphatic heterocycles. The van der Waals surface area contributed by atoms with Crippen molar-refractivity contribution in [1.82, 2.24) is 4.57 Å². The van der Waals surface area contributed by atoms with E-state index in [0.717, 1.165) is 22.7 Å². The van der Waals surface area contributed by atoms with Crippen molar-refractivity contribution < 1.29 is 0 Å². The van der Waals surface area contributed by atoms with Gasteiger partial charge >= 0.3 is 0 Å². The number of aromatic nitrogens is 1. The van der Waals surface area contributed by atoms with Gasteiger partial charge in [-0.2, -0.15) is 0 Å². The predicted octanol–water partition coefficient (Wildman–Crippen LogP) is 15.9. The minimum Gasteiger partial charge on any atom is -0.310 e. The van der Waals surface area contributed by atoms with E-state index in [9.17, 15) is 0 Å². The smallest absolute Gasteiger partial charge is 0.0726 e. The third kappa shape index (κ3) is 5.19. The van der Waals surface area contributed by atoms with Gasteiger partial charge < -0.3 is 9.47 Å². The summed E-state index contributed by atoms with van der Waals surface area (Å²) in [5.74, 6) is 0. The van der Waals surface area contributed by atoms with E-state index in [1.807, 2.05) is 0 Å². The molecule has 0 unspecified atom stereocenters. The highest BCUT2D eigenvalue weighted by atomic mass is 15.1. The molecule has 10 aromatic carbocycles. The van der Waals surface area contributed by atoms with Crippen molar-refractivity contribution in [3.8, 4) is 50.2 Å². The molecule has 1 spiro atoms. The summed E-state index contributed by atoms with van der Waals surface area (Å²) < 4.78 is 2.38. The normalized spacial score (nSPS) is 12.9. The second-order valence-electron chi connectivity index (χ2n) is 16.8. The predicted molar refractivity (Wildman–Crippen MR) is 263 cm³/mol. The van der Waals surface area contributed by atoms with E-state index in [1.54, 1.807) is 0 Å². The molecular weight excluding hydrogens is 761 g/mol. The molecule has 2 nitrogen and oxygen atoms in total. The largest absolute Gasteiger partial charge is 0.310 e. The lowest BCUT2D eigenvalue weighted by Crippen LogP contribution is -2.26. The highest BCUT2D eigenvalue weighted by Crippen LogP contribution is 2.63. The Morgan fingerprint density at radius 2 is 0.746 bits per heavy atom. The fourth-order valence-electron chi connectivity index (χ4n) is 11.0. The van der Waals surface area contributed by atoms with Crippen LogP contribution in [0.5, 0.6) is 0 Å². The lowest BCUT2D eigenvalue weighted by molar-refractivity contribution is 0.793. The Labute approximate surface area is 367 Å². The van der Waals surface area contributed by atoms with E-state index in [-0.39, 0.29) is 0 Å². The Balaban J connectivity index is 0.963. The lowest BCUT2D eigenvalue weighted by atomic mass is 9.70. The summed E-state index contributed by atoms with van der Waals surface area (Å²) in [6.07, 6.45) is 0. The Morgan fingerprint density at radius 1 is 0.302 bits per heavy atom. The molecule has 2 heteroatoms. The summed E-state index contributed by atoms with van der Waals surface area (Å²) in [5, 5.41) is 2.54. The molecule has 2 aliphatic rings. The van der Waals surface area contributed by atoms with Gasteiger partial charge in [0.2, 0.25) is 0 Å². The van der Waals surface area contributed by atoms with Crippen LogP contribution in [0.1, 0.15) is 22.3 Å². The van der Waals surface area contributed by atoms with E-state index in [1.165, 1.54) is 88.6 Å². The molecule has 13 rings (SSSR count). The first kappa shape index (κ1) is 35.5. The summed E-state index contributed by atoms with van der Waals surface area (Å²) in [7, 11) is 0. The first-order valence-electron chi connectivity index (χ1n) is 21.8. The zero-order chi connectivity index (χ0) is 41.5. The van der Waals surface area contributed by atoms with Crippen molar-refractivity contribution in [2.75, 3.05) is 4.90 Å². The Hall–Kier alpha value is -8.20. The van der Waals surface area contributed by atoms with Gasteiger partial charge in [-0.3, -0.25) is 0 Å². The van der Waals surface area contributed by atoms with Crippen molar-refractivity contribution in [3.05, 3.63) is 265 Å². The average Bonchev–Trinajstić information content (AvgIpc) is 3.97. The second-order valence-corrected chi connectivity index (χ2v) is 16.8. The number of hydrogen-bond donors (Lipinski definition) is 0. The van der Waals surface area contributed by atoms with Gasteiger partial charge in [-0.25, -0.2) is 0 Å². The highest BCUT2D eigenvalue weighted by Gasteiger charge is 2.51. The molecule has 2 aliphatic carbocycles. The van der Waals surface area contributed by atoms with E-state index >= 15 is 0 Å². The Kier molecular flexibility index (Phi) is 7.85. The number of anilines is 3. The molecular formula is C61H40N2. The Morgan fingerprint density at radius 3 is 1.33 bits per heavy atom. The van der Waals surface area contributed by atoms with Crippen LogP contribution >= 0.6 is 0 Å². The first-order chi connectivity index (χ1) is 31.3. The maximum Gasteiger partial charge on any atom is 0.0726 e. The first-order valence-corrected chi connectivity index (χ1v) is 21.8. The molecule has 1 heterocycles. The van der Waals surface area contributed by atoms with Crippen LogP contribution in [-0.4, -0.2) is 4.57 Å². The fraction of sp³-hybridized carbons (Fsp3) is 0.0164. The van der Waals surface area contributed by atoms with Gasteiger partial charge in [0.25, 0.3) is 0 Å². The van der Waals surface area contributed by atoms with Crippen LogP contribution in [-0.2, 0) is 5.41 Å². The topological polar surface area (TPSA) is 8.17 Å². The SMILES string of the molecule is c1ccc(-c2ccccc2N(c2ccc(-c3ccc(-n4c5ccccc5c5ccccc54)cc3)cc2)c2ccc3c(c2)C2(c4ccccc4-c4ccccc42)c2ccccc2-3)cc1. The lowest BCUT2D eigenvalue weighted by Gasteiger charge is -2.32. The zero-order valence-corrected chi connectivity index (χ0v) is 34.5. The summed E-state index contributed by atoms with van der Waals surface area (Å²) in [4.78, 5) is 2.46. The maximum absolute atomic E-state index is 2.48. The molecule has 0 bridgehead atoms. The molecule has 0 radical (unpaired) electrons. The van der Waals surface area contributed by atoms with Crippen LogP contribution in [0.4, 0.5) is 17.1 Å². The van der Waals surface area contributed by atoms with Crippen LogP contribution in [0.15, 0.2) is 243 Å². The van der Waals surface area contributed by atoms with Crippen molar-refractivity contribution in [3.63, 3.8) is 0 Å². The summed E-state index contributed by atoms with van der Waals surface area (Å²) in [5.41, 5.74) is 21.8. The molecule has 11 aromatic rings. The average molecular weight is 801 g/mol. The highest BCUT2D eigenvalue weighted by molar-refractivity contribution is 6.09. The number of nitrogens with zero attached hydrogens (tertiary/aromatic N) is 2. The molecule has 0 amide bonds. The molecule has 0 fully saturated rings. The van der Waals surface area contributed by atoms with Crippen LogP contribution in [0.2, 0.25) is 0 Å². The van der Waals surface area contributed by atoms with E-state index in [0.29, 0.717) is 0 Å².